The van der Waals surface area contributed by atoms with E-state index < -0.39 is 0 Å². The minimum absolute atomic E-state index is 0.0207. The molecule has 1 aromatic carbocycles. The number of carbonyl (C=O) groups excluding carboxylic acids is 2. The van der Waals surface area contributed by atoms with Crippen molar-refractivity contribution in [1.29, 1.82) is 0 Å². The molecule has 5 heteroatoms. The van der Waals surface area contributed by atoms with E-state index in [-0.39, 0.29) is 18.5 Å². The summed E-state index contributed by atoms with van der Waals surface area (Å²) in [4.78, 5) is 22.6. The van der Waals surface area contributed by atoms with E-state index >= 15 is 0 Å². The van der Waals surface area contributed by atoms with Crippen LogP contribution in [0.25, 0.3) is 0 Å². The van der Waals surface area contributed by atoms with Crippen LogP contribution in [0.4, 0.5) is 0 Å². The molecule has 0 spiro atoms. The molecule has 0 unspecified atom stereocenters. The number of rotatable bonds is 10. The van der Waals surface area contributed by atoms with E-state index in [0.717, 1.165) is 19.3 Å². The monoisotopic (exact) mass is 293 g/mol. The summed E-state index contributed by atoms with van der Waals surface area (Å²) >= 11 is 0. The number of nitrogens with one attached hydrogen (secondary N) is 1. The Kier molecular flexibility index (Phi) is 8.68. The molecular weight excluding hydrogens is 270 g/mol. The van der Waals surface area contributed by atoms with E-state index in [2.05, 4.69) is 5.32 Å². The first-order chi connectivity index (χ1) is 10.2. The number of amides is 1. The molecule has 0 heterocycles. The second-order valence-electron chi connectivity index (χ2n) is 4.57. The molecule has 0 bridgehead atoms. The second kappa shape index (κ2) is 10.7. The summed E-state index contributed by atoms with van der Waals surface area (Å²) in [6.45, 7) is 2.84. The van der Waals surface area contributed by atoms with Crippen LogP contribution in [0.5, 0.6) is 5.75 Å². The number of ether oxygens (including phenoxy) is 2. The van der Waals surface area contributed by atoms with Crippen LogP contribution in [0.3, 0.4) is 0 Å². The molecule has 0 aliphatic carbocycles. The molecule has 0 saturated carbocycles. The highest BCUT2D eigenvalue weighted by molar-refractivity contribution is 5.77. The summed E-state index contributed by atoms with van der Waals surface area (Å²) < 4.78 is 10.2. The highest BCUT2D eigenvalue weighted by Gasteiger charge is 2.03. The lowest BCUT2D eigenvalue weighted by Gasteiger charge is -2.07. The molecule has 0 aromatic heterocycles. The van der Waals surface area contributed by atoms with Crippen LogP contribution in [0, 0.1) is 0 Å². The third-order valence-corrected chi connectivity index (χ3v) is 2.80. The fraction of sp³-hybridized carbons (Fsp3) is 0.500. The van der Waals surface area contributed by atoms with Crippen LogP contribution in [0.1, 0.15) is 32.6 Å². The molecule has 0 radical (unpaired) electrons. The van der Waals surface area contributed by atoms with E-state index in [1.165, 1.54) is 0 Å². The highest BCUT2D eigenvalue weighted by atomic mass is 16.5. The summed E-state index contributed by atoms with van der Waals surface area (Å²) in [5.41, 5.74) is 0. The largest absolute Gasteiger partial charge is 0.484 e. The SMILES string of the molecule is CCOC(=O)CCCCCNC(=O)COc1ccccc1. The Morgan fingerprint density at radius 3 is 2.57 bits per heavy atom. The van der Waals surface area contributed by atoms with E-state index in [1.54, 1.807) is 6.92 Å². The maximum absolute atomic E-state index is 11.5. The van der Waals surface area contributed by atoms with Crippen LogP contribution in [-0.2, 0) is 14.3 Å². The van der Waals surface area contributed by atoms with Crippen molar-refractivity contribution >= 4 is 11.9 Å². The van der Waals surface area contributed by atoms with Gasteiger partial charge in [-0.05, 0) is 31.9 Å². The molecule has 116 valence electrons. The van der Waals surface area contributed by atoms with Crippen LogP contribution >= 0.6 is 0 Å². The van der Waals surface area contributed by atoms with Gasteiger partial charge in [0.25, 0.3) is 5.91 Å². The third kappa shape index (κ3) is 8.68. The minimum atomic E-state index is -0.155. The van der Waals surface area contributed by atoms with Gasteiger partial charge in [-0.3, -0.25) is 9.59 Å². The average molecular weight is 293 g/mol. The van der Waals surface area contributed by atoms with Gasteiger partial charge in [0.1, 0.15) is 5.75 Å². The molecular formula is C16H23NO4. The zero-order chi connectivity index (χ0) is 15.3. The van der Waals surface area contributed by atoms with E-state index in [4.69, 9.17) is 9.47 Å². The topological polar surface area (TPSA) is 64.6 Å². The Bertz CT molecular complexity index is 420. The molecule has 1 aromatic rings. The molecule has 0 aliphatic rings. The Morgan fingerprint density at radius 2 is 1.86 bits per heavy atom. The molecule has 5 nitrogen and oxygen atoms in total. The van der Waals surface area contributed by atoms with Gasteiger partial charge in [0, 0.05) is 13.0 Å². The van der Waals surface area contributed by atoms with E-state index in [1.807, 2.05) is 30.3 Å². The first-order valence-electron chi connectivity index (χ1n) is 7.32. The number of hydrogen-bond acceptors (Lipinski definition) is 4. The summed E-state index contributed by atoms with van der Waals surface area (Å²) in [6, 6.07) is 9.22. The van der Waals surface area contributed by atoms with Gasteiger partial charge in [-0.25, -0.2) is 0 Å². The number of hydrogen-bond donors (Lipinski definition) is 1. The molecule has 1 N–H and O–H groups in total. The molecule has 21 heavy (non-hydrogen) atoms. The maximum Gasteiger partial charge on any atom is 0.305 e. The van der Waals surface area contributed by atoms with Gasteiger partial charge >= 0.3 is 5.97 Å². The molecule has 0 saturated heterocycles. The van der Waals surface area contributed by atoms with Gasteiger partial charge in [-0.1, -0.05) is 24.6 Å². The van der Waals surface area contributed by atoms with Crippen molar-refractivity contribution < 1.29 is 19.1 Å². The Hall–Kier alpha value is -2.04. The highest BCUT2D eigenvalue weighted by Crippen LogP contribution is 2.07. The molecule has 0 fully saturated rings. The lowest BCUT2D eigenvalue weighted by Crippen LogP contribution is -2.29. The molecule has 0 atom stereocenters. The molecule has 1 amide bonds. The zero-order valence-corrected chi connectivity index (χ0v) is 12.5. The van der Waals surface area contributed by atoms with Crippen LogP contribution in [-0.4, -0.2) is 31.6 Å². The third-order valence-electron chi connectivity index (χ3n) is 2.80. The summed E-state index contributed by atoms with van der Waals surface area (Å²) in [7, 11) is 0. The zero-order valence-electron chi connectivity index (χ0n) is 12.5. The van der Waals surface area contributed by atoms with E-state index in [9.17, 15) is 9.59 Å². The van der Waals surface area contributed by atoms with Gasteiger partial charge in [-0.15, -0.1) is 0 Å². The summed E-state index contributed by atoms with van der Waals surface area (Å²) in [6.07, 6.45) is 2.96. The van der Waals surface area contributed by atoms with Crippen molar-refractivity contribution in [1.82, 2.24) is 5.32 Å². The fourth-order valence-corrected chi connectivity index (χ4v) is 1.75. The average Bonchev–Trinajstić information content (AvgIpc) is 2.50. The minimum Gasteiger partial charge on any atom is -0.484 e. The van der Waals surface area contributed by atoms with Crippen LogP contribution in [0.15, 0.2) is 30.3 Å². The smallest absolute Gasteiger partial charge is 0.305 e. The van der Waals surface area contributed by atoms with E-state index in [0.29, 0.717) is 25.3 Å². The van der Waals surface area contributed by atoms with Gasteiger partial charge < -0.3 is 14.8 Å². The lowest BCUT2D eigenvalue weighted by molar-refractivity contribution is -0.143. The van der Waals surface area contributed by atoms with Crippen molar-refractivity contribution in [3.63, 3.8) is 0 Å². The maximum atomic E-state index is 11.5. The van der Waals surface area contributed by atoms with Gasteiger partial charge in [0.15, 0.2) is 6.61 Å². The number of carbonyl (C=O) groups is 2. The predicted molar refractivity (Wildman–Crippen MR) is 80.0 cm³/mol. The Morgan fingerprint density at radius 1 is 1.10 bits per heavy atom. The van der Waals surface area contributed by atoms with Crippen molar-refractivity contribution in [2.24, 2.45) is 0 Å². The van der Waals surface area contributed by atoms with Gasteiger partial charge in [0.05, 0.1) is 6.61 Å². The molecule has 1 rings (SSSR count). The number of unbranched alkanes of at least 4 members (excludes halogenated alkanes) is 2. The first-order valence-corrected chi connectivity index (χ1v) is 7.32. The second-order valence-corrected chi connectivity index (χ2v) is 4.57. The Labute approximate surface area is 125 Å². The van der Waals surface area contributed by atoms with Crippen molar-refractivity contribution in [2.75, 3.05) is 19.8 Å². The number of esters is 1. The molecule has 0 aliphatic heterocycles. The van der Waals surface area contributed by atoms with Crippen molar-refractivity contribution in [3.05, 3.63) is 30.3 Å². The fourth-order valence-electron chi connectivity index (χ4n) is 1.75. The Balaban J connectivity index is 1.97. The van der Waals surface area contributed by atoms with Crippen molar-refractivity contribution in [2.45, 2.75) is 32.6 Å². The normalized spacial score (nSPS) is 9.95. The quantitative estimate of drug-likeness (QED) is 0.531. The summed E-state index contributed by atoms with van der Waals surface area (Å²) in [5, 5.41) is 2.79. The van der Waals surface area contributed by atoms with Gasteiger partial charge in [-0.2, -0.15) is 0 Å². The standard InChI is InChI=1S/C16H23NO4/c1-2-20-16(19)11-7-4-8-12-17-15(18)13-21-14-9-5-3-6-10-14/h3,5-6,9-10H,2,4,7-8,11-13H2,1H3,(H,17,18). The van der Waals surface area contributed by atoms with Gasteiger partial charge in [0.2, 0.25) is 0 Å². The predicted octanol–water partition coefficient (Wildman–Crippen LogP) is 2.31. The van der Waals surface area contributed by atoms with Crippen molar-refractivity contribution in [3.8, 4) is 5.75 Å². The van der Waals surface area contributed by atoms with Crippen LogP contribution < -0.4 is 10.1 Å². The lowest BCUT2D eigenvalue weighted by atomic mass is 10.2. The van der Waals surface area contributed by atoms with Crippen LogP contribution in [0.2, 0.25) is 0 Å². The summed E-state index contributed by atoms with van der Waals surface area (Å²) in [5.74, 6) is 0.393. The number of benzene rings is 1. The first kappa shape index (κ1) is 17.0. The number of para-hydroxylation sites is 1.